The lowest BCUT2D eigenvalue weighted by atomic mass is 10.0. The number of rotatable bonds is 8. The van der Waals surface area contributed by atoms with E-state index in [1.807, 2.05) is 25.1 Å². The molecule has 1 fully saturated rings. The molecule has 0 bridgehead atoms. The van der Waals surface area contributed by atoms with Crippen molar-refractivity contribution >= 4 is 42.6 Å². The van der Waals surface area contributed by atoms with Gasteiger partial charge < -0.3 is 9.15 Å². The van der Waals surface area contributed by atoms with Gasteiger partial charge >= 0.3 is 0 Å². The lowest BCUT2D eigenvalue weighted by Crippen LogP contribution is -2.43. The molecular formula is C27H29N3O5S2. The van der Waals surface area contributed by atoms with Crippen molar-refractivity contribution in [1.29, 1.82) is 0 Å². The van der Waals surface area contributed by atoms with Gasteiger partial charge in [0, 0.05) is 24.2 Å². The summed E-state index contributed by atoms with van der Waals surface area (Å²) in [6.07, 6.45) is 5.13. The zero-order valence-corrected chi connectivity index (χ0v) is 22.4. The molecule has 0 spiro atoms. The highest BCUT2D eigenvalue weighted by Gasteiger charge is 2.32. The second-order valence-electron chi connectivity index (χ2n) is 9.00. The highest BCUT2D eigenvalue weighted by Crippen LogP contribution is 2.33. The van der Waals surface area contributed by atoms with Crippen molar-refractivity contribution in [2.75, 3.05) is 18.6 Å². The van der Waals surface area contributed by atoms with E-state index in [-0.39, 0.29) is 23.4 Å². The monoisotopic (exact) mass is 539 g/mol. The maximum atomic E-state index is 13.7. The van der Waals surface area contributed by atoms with Gasteiger partial charge in [-0.05, 0) is 67.8 Å². The first kappa shape index (κ1) is 25.4. The van der Waals surface area contributed by atoms with Crippen molar-refractivity contribution in [3.63, 3.8) is 0 Å². The summed E-state index contributed by atoms with van der Waals surface area (Å²) in [5, 5.41) is 0.514. The average molecular weight is 540 g/mol. The van der Waals surface area contributed by atoms with Crippen LogP contribution in [-0.2, 0) is 16.6 Å². The molecule has 0 radical (unpaired) electrons. The number of fused-ring (bicyclic) bond motifs is 1. The molecule has 4 aromatic rings. The number of ether oxygens (including phenoxy) is 1. The summed E-state index contributed by atoms with van der Waals surface area (Å²) in [5.74, 6) is 1.000. The average Bonchev–Trinajstić information content (AvgIpc) is 3.60. The fourth-order valence-corrected chi connectivity index (χ4v) is 7.39. The third-order valence-electron chi connectivity index (χ3n) is 6.71. The Balaban J connectivity index is 1.45. The lowest BCUT2D eigenvalue weighted by molar-refractivity contribution is 0.0983. The van der Waals surface area contributed by atoms with Crippen LogP contribution >= 0.6 is 11.3 Å². The molecule has 2 aromatic carbocycles. The number of aromatic nitrogens is 1. The zero-order valence-electron chi connectivity index (χ0n) is 20.8. The van der Waals surface area contributed by atoms with E-state index in [4.69, 9.17) is 9.15 Å². The van der Waals surface area contributed by atoms with Crippen molar-refractivity contribution in [1.82, 2.24) is 9.29 Å². The molecule has 1 unspecified atom stereocenters. The maximum Gasteiger partial charge on any atom is 0.260 e. The molecular weight excluding hydrogens is 510 g/mol. The predicted molar refractivity (Wildman–Crippen MR) is 144 cm³/mol. The SMILES string of the molecule is CCC1CCCCN1S(=O)(=O)c1ccc(C(=O)N(Cc2ccco2)c2nc3cc(OC)ccc3s2)cc1. The van der Waals surface area contributed by atoms with Gasteiger partial charge in [-0.15, -0.1) is 0 Å². The second kappa shape index (κ2) is 10.6. The lowest BCUT2D eigenvalue weighted by Gasteiger charge is -2.34. The first-order valence-corrected chi connectivity index (χ1v) is 14.6. The van der Waals surface area contributed by atoms with E-state index in [0.717, 1.165) is 35.9 Å². The number of thiazole rings is 1. The van der Waals surface area contributed by atoms with E-state index in [1.165, 1.54) is 23.5 Å². The standard InChI is InChI=1S/C27H29N3O5S2/c1-3-20-7-4-5-15-30(20)37(32,33)23-12-9-19(10-13-23)26(31)29(18-22-8-6-16-35-22)27-28-24-17-21(34-2)11-14-25(24)36-27/h6,8-14,16-17,20H,3-5,7,15,18H2,1-2H3. The number of sulfonamides is 1. The van der Waals surface area contributed by atoms with Gasteiger partial charge in [-0.1, -0.05) is 24.7 Å². The van der Waals surface area contributed by atoms with Gasteiger partial charge in [0.15, 0.2) is 5.13 Å². The van der Waals surface area contributed by atoms with Gasteiger partial charge in [-0.3, -0.25) is 9.69 Å². The van der Waals surface area contributed by atoms with Gasteiger partial charge in [0.1, 0.15) is 11.5 Å². The van der Waals surface area contributed by atoms with E-state index in [0.29, 0.717) is 28.7 Å². The first-order chi connectivity index (χ1) is 17.9. The van der Waals surface area contributed by atoms with E-state index in [1.54, 1.807) is 46.8 Å². The second-order valence-corrected chi connectivity index (χ2v) is 11.9. The highest BCUT2D eigenvalue weighted by molar-refractivity contribution is 7.89. The predicted octanol–water partition coefficient (Wildman–Crippen LogP) is 5.70. The number of methoxy groups -OCH3 is 1. The molecule has 8 nitrogen and oxygen atoms in total. The van der Waals surface area contributed by atoms with Crippen LogP contribution in [0.4, 0.5) is 5.13 Å². The molecule has 1 aliphatic heterocycles. The molecule has 0 aliphatic carbocycles. The smallest absolute Gasteiger partial charge is 0.260 e. The van der Waals surface area contributed by atoms with Crippen LogP contribution in [0.1, 0.15) is 48.7 Å². The van der Waals surface area contributed by atoms with Gasteiger partial charge in [0.05, 0.1) is 35.0 Å². The molecule has 5 rings (SSSR count). The normalized spacial score (nSPS) is 16.6. The number of benzene rings is 2. The van der Waals surface area contributed by atoms with Crippen LogP contribution in [0.15, 0.2) is 70.2 Å². The number of amides is 1. The number of carbonyl (C=O) groups excluding carboxylic acids is 1. The Morgan fingerprint density at radius 1 is 1.19 bits per heavy atom. The number of hydrogen-bond acceptors (Lipinski definition) is 7. The zero-order chi connectivity index (χ0) is 26.0. The molecule has 0 saturated carbocycles. The molecule has 1 aliphatic rings. The Labute approximate surface area is 220 Å². The Morgan fingerprint density at radius 3 is 2.70 bits per heavy atom. The van der Waals surface area contributed by atoms with Crippen LogP contribution in [0.25, 0.3) is 10.2 Å². The first-order valence-electron chi connectivity index (χ1n) is 12.3. The molecule has 1 amide bonds. The minimum atomic E-state index is -3.63. The van der Waals surface area contributed by atoms with E-state index in [9.17, 15) is 13.2 Å². The minimum Gasteiger partial charge on any atom is -0.497 e. The summed E-state index contributed by atoms with van der Waals surface area (Å²) in [6.45, 7) is 2.74. The molecule has 1 atom stereocenters. The maximum absolute atomic E-state index is 13.7. The Kier molecular flexibility index (Phi) is 7.32. The number of piperidine rings is 1. The van der Waals surface area contributed by atoms with Crippen LogP contribution < -0.4 is 9.64 Å². The molecule has 37 heavy (non-hydrogen) atoms. The number of anilines is 1. The van der Waals surface area contributed by atoms with E-state index in [2.05, 4.69) is 4.98 Å². The largest absolute Gasteiger partial charge is 0.497 e. The van der Waals surface area contributed by atoms with Crippen LogP contribution in [0.2, 0.25) is 0 Å². The number of hydrogen-bond donors (Lipinski definition) is 0. The van der Waals surface area contributed by atoms with Gasteiger partial charge in [-0.2, -0.15) is 4.31 Å². The quantitative estimate of drug-likeness (QED) is 0.285. The summed E-state index contributed by atoms with van der Waals surface area (Å²) in [5.41, 5.74) is 1.10. The van der Waals surface area contributed by atoms with Crippen molar-refractivity contribution < 1.29 is 22.4 Å². The molecule has 194 valence electrons. The third kappa shape index (κ3) is 5.14. The third-order valence-corrected chi connectivity index (χ3v) is 9.73. The van der Waals surface area contributed by atoms with E-state index >= 15 is 0 Å². The molecule has 0 N–H and O–H groups in total. The van der Waals surface area contributed by atoms with Crippen LogP contribution in [0, 0.1) is 0 Å². The highest BCUT2D eigenvalue weighted by atomic mass is 32.2. The molecule has 2 aromatic heterocycles. The van der Waals surface area contributed by atoms with Crippen LogP contribution in [0.3, 0.4) is 0 Å². The Hall–Kier alpha value is -3.21. The molecule has 1 saturated heterocycles. The Bertz CT molecular complexity index is 1480. The van der Waals surface area contributed by atoms with Crippen LogP contribution in [0.5, 0.6) is 5.75 Å². The number of nitrogens with zero attached hydrogens (tertiary/aromatic N) is 3. The summed E-state index contributed by atoms with van der Waals surface area (Å²) in [7, 11) is -2.04. The van der Waals surface area contributed by atoms with Gasteiger partial charge in [0.2, 0.25) is 10.0 Å². The summed E-state index contributed by atoms with van der Waals surface area (Å²) >= 11 is 1.39. The van der Waals surface area contributed by atoms with Gasteiger partial charge in [0.25, 0.3) is 5.91 Å². The summed E-state index contributed by atoms with van der Waals surface area (Å²) < 4.78 is 40.1. The molecule has 3 heterocycles. The van der Waals surface area contributed by atoms with Crippen molar-refractivity contribution in [2.45, 2.75) is 50.1 Å². The fourth-order valence-electron chi connectivity index (χ4n) is 4.68. The summed E-state index contributed by atoms with van der Waals surface area (Å²) in [6, 6.07) is 15.4. The topological polar surface area (TPSA) is 93.0 Å². The van der Waals surface area contributed by atoms with Crippen molar-refractivity contribution in [3.8, 4) is 5.75 Å². The Morgan fingerprint density at radius 2 is 2.00 bits per heavy atom. The minimum absolute atomic E-state index is 0.0153. The van der Waals surface area contributed by atoms with Crippen molar-refractivity contribution in [2.24, 2.45) is 0 Å². The summed E-state index contributed by atoms with van der Waals surface area (Å²) in [4.78, 5) is 20.1. The van der Waals surface area contributed by atoms with Gasteiger partial charge in [-0.25, -0.2) is 13.4 Å². The fraction of sp³-hybridized carbons (Fsp3) is 0.333. The van der Waals surface area contributed by atoms with Crippen molar-refractivity contribution in [3.05, 3.63) is 72.2 Å². The molecule has 10 heteroatoms. The number of furan rings is 1. The number of carbonyl (C=O) groups is 1. The van der Waals surface area contributed by atoms with E-state index < -0.39 is 10.0 Å². The van der Waals surface area contributed by atoms with Crippen LogP contribution in [-0.4, -0.2) is 43.3 Å².